The van der Waals surface area contributed by atoms with E-state index in [0.717, 1.165) is 23.1 Å². The van der Waals surface area contributed by atoms with E-state index < -0.39 is 41.5 Å². The summed E-state index contributed by atoms with van der Waals surface area (Å²) in [4.78, 5) is 52.7. The summed E-state index contributed by atoms with van der Waals surface area (Å²) in [6.07, 6.45) is 1.53. The third kappa shape index (κ3) is 7.15. The van der Waals surface area contributed by atoms with Crippen LogP contribution in [0.2, 0.25) is 0 Å². The second-order valence-electron chi connectivity index (χ2n) is 12.0. The number of hydrogen-bond donors (Lipinski definition) is 3. The number of aliphatic hydroxyl groups excluding tert-OH is 1. The predicted molar refractivity (Wildman–Crippen MR) is 179 cm³/mol. The number of urea groups is 1. The molecule has 256 valence electrons. The number of rotatable bonds is 9. The number of pyridine rings is 2. The number of benzene rings is 2. The number of nitrogens with zero attached hydrogens (tertiary/aromatic N) is 6. The number of ether oxygens (including phenoxy) is 1. The molecule has 4 heterocycles. The summed E-state index contributed by atoms with van der Waals surface area (Å²) < 4.78 is 34.6. The van der Waals surface area contributed by atoms with Gasteiger partial charge in [0.15, 0.2) is 11.6 Å². The lowest BCUT2D eigenvalue weighted by Crippen LogP contribution is -2.61. The zero-order valence-corrected chi connectivity index (χ0v) is 27.0. The normalized spacial score (nSPS) is 17.6. The molecular weight excluding hydrogens is 650 g/mol. The van der Waals surface area contributed by atoms with Crippen molar-refractivity contribution in [2.75, 3.05) is 40.1 Å². The monoisotopic (exact) mass is 682 g/mol. The van der Waals surface area contributed by atoms with Crippen molar-refractivity contribution in [2.24, 2.45) is 5.92 Å². The number of aromatic nitrogens is 2. The van der Waals surface area contributed by atoms with Gasteiger partial charge in [-0.25, -0.2) is 28.4 Å². The van der Waals surface area contributed by atoms with Crippen molar-refractivity contribution in [1.29, 1.82) is 5.26 Å². The molecule has 4 aromatic rings. The summed E-state index contributed by atoms with van der Waals surface area (Å²) in [5, 5.41) is 25.1. The first-order valence-corrected chi connectivity index (χ1v) is 15.8. The Morgan fingerprint density at radius 2 is 1.82 bits per heavy atom. The number of β-amino-alcohol motifs (C(OH)–C–C–N with tert-alkyl or cyclic N) is 1. The molecule has 6 rings (SSSR count). The molecule has 2 aliphatic rings. The zero-order chi connectivity index (χ0) is 35.5. The molecule has 15 heteroatoms. The first-order chi connectivity index (χ1) is 24.0. The Bertz CT molecular complexity index is 1990. The van der Waals surface area contributed by atoms with Gasteiger partial charge in [0.1, 0.15) is 41.0 Å². The minimum Gasteiger partial charge on any atom is -0.454 e. The van der Waals surface area contributed by atoms with Gasteiger partial charge < -0.3 is 30.3 Å². The van der Waals surface area contributed by atoms with E-state index in [1.165, 1.54) is 47.5 Å². The molecule has 0 bridgehead atoms. The topological polar surface area (TPSA) is 164 Å². The number of carbonyl (C=O) groups excluding carboxylic acids is 3. The average Bonchev–Trinajstić information content (AvgIpc) is 3.53. The van der Waals surface area contributed by atoms with E-state index in [-0.39, 0.29) is 35.5 Å². The first kappa shape index (κ1) is 33.7. The third-order valence-corrected chi connectivity index (χ3v) is 8.23. The van der Waals surface area contributed by atoms with Crippen molar-refractivity contribution in [2.45, 2.75) is 32.4 Å². The van der Waals surface area contributed by atoms with E-state index in [2.05, 4.69) is 26.7 Å². The highest BCUT2D eigenvalue weighted by atomic mass is 19.1. The number of nitriles is 1. The number of anilines is 5. The molecule has 2 atom stereocenters. The van der Waals surface area contributed by atoms with Crippen molar-refractivity contribution < 1.29 is 33.0 Å². The maximum absolute atomic E-state index is 15.3. The summed E-state index contributed by atoms with van der Waals surface area (Å²) in [5.41, 5.74) is 0.543. The van der Waals surface area contributed by atoms with Crippen LogP contribution in [0.15, 0.2) is 72.9 Å². The van der Waals surface area contributed by atoms with Crippen molar-refractivity contribution in [3.8, 4) is 17.6 Å². The van der Waals surface area contributed by atoms with Gasteiger partial charge in [-0.05, 0) is 74.9 Å². The Balaban J connectivity index is 1.14. The largest absolute Gasteiger partial charge is 0.454 e. The SMILES string of the molecule is CC(C)N1CC(C(=O)Nc2ccc(Oc3ccnc(Nc4ccc(C#N)c(N5CC[C@H](O)C5)n4)c3)c(F)c2)C(=O)N(c2ccc(F)cc2)C1=O. The Labute approximate surface area is 285 Å². The molecule has 0 saturated carbocycles. The quantitative estimate of drug-likeness (QED) is 0.201. The van der Waals surface area contributed by atoms with E-state index in [1.807, 2.05) is 4.90 Å². The van der Waals surface area contributed by atoms with Gasteiger partial charge in [-0.2, -0.15) is 5.26 Å². The molecule has 0 aliphatic carbocycles. The van der Waals surface area contributed by atoms with Gasteiger partial charge >= 0.3 is 6.03 Å². The van der Waals surface area contributed by atoms with Crippen molar-refractivity contribution in [3.63, 3.8) is 0 Å². The molecule has 3 N–H and O–H groups in total. The van der Waals surface area contributed by atoms with Gasteiger partial charge in [-0.3, -0.25) is 9.59 Å². The Morgan fingerprint density at radius 1 is 1.04 bits per heavy atom. The maximum atomic E-state index is 15.3. The molecule has 2 saturated heterocycles. The Kier molecular flexibility index (Phi) is 9.55. The highest BCUT2D eigenvalue weighted by molar-refractivity contribution is 6.23. The van der Waals surface area contributed by atoms with Gasteiger partial charge in [0.05, 0.1) is 17.4 Å². The standard InChI is InChI=1S/C35H32F2N8O5/c1-20(2)44-19-27(34(48)45(35(44)49)24-7-4-22(36)5-8-24)33(47)40-23-6-9-29(28(37)15-23)50-26-11-13-39-31(16-26)41-30-10-3-21(17-38)32(42-30)43-14-12-25(46)18-43/h3-11,13,15-16,20,25,27,46H,12,14,18-19H2,1-2H3,(H,40,47)(H,39,41,42)/t25-,27?/m0/s1. The summed E-state index contributed by atoms with van der Waals surface area (Å²) in [6.45, 7) is 4.22. The number of nitrogens with one attached hydrogen (secondary N) is 2. The number of carbonyl (C=O) groups is 3. The first-order valence-electron chi connectivity index (χ1n) is 15.8. The van der Waals surface area contributed by atoms with Crippen LogP contribution in [0.4, 0.5) is 42.4 Å². The predicted octanol–water partition coefficient (Wildman–Crippen LogP) is 5.17. The molecule has 0 radical (unpaired) electrons. The Morgan fingerprint density at radius 3 is 2.50 bits per heavy atom. The summed E-state index contributed by atoms with van der Waals surface area (Å²) in [7, 11) is 0. The molecule has 0 spiro atoms. The minimum absolute atomic E-state index is 0.0549. The van der Waals surface area contributed by atoms with E-state index in [0.29, 0.717) is 42.5 Å². The Hall–Kier alpha value is -6.14. The molecule has 2 aliphatic heterocycles. The molecule has 2 aromatic carbocycles. The number of amides is 4. The van der Waals surface area contributed by atoms with Crippen LogP contribution in [-0.4, -0.2) is 69.6 Å². The van der Waals surface area contributed by atoms with E-state index in [1.54, 1.807) is 26.0 Å². The van der Waals surface area contributed by atoms with Crippen LogP contribution in [-0.2, 0) is 9.59 Å². The molecule has 50 heavy (non-hydrogen) atoms. The number of imide groups is 1. The van der Waals surface area contributed by atoms with E-state index in [4.69, 9.17) is 4.74 Å². The lowest BCUT2D eigenvalue weighted by molar-refractivity contribution is -0.132. The van der Waals surface area contributed by atoms with Gasteiger partial charge in [0.25, 0.3) is 0 Å². The van der Waals surface area contributed by atoms with Crippen LogP contribution in [0.5, 0.6) is 11.5 Å². The number of halogens is 2. The molecule has 4 amide bonds. The minimum atomic E-state index is -1.31. The fourth-order valence-corrected chi connectivity index (χ4v) is 5.66. The molecule has 1 unspecified atom stereocenters. The highest BCUT2D eigenvalue weighted by Crippen LogP contribution is 2.31. The smallest absolute Gasteiger partial charge is 0.331 e. The highest BCUT2D eigenvalue weighted by Gasteiger charge is 2.44. The van der Waals surface area contributed by atoms with Crippen molar-refractivity contribution >= 4 is 46.7 Å². The van der Waals surface area contributed by atoms with E-state index in [9.17, 15) is 29.1 Å². The van der Waals surface area contributed by atoms with Crippen molar-refractivity contribution in [3.05, 3.63) is 90.1 Å². The van der Waals surface area contributed by atoms with Gasteiger partial charge in [-0.1, -0.05) is 0 Å². The van der Waals surface area contributed by atoms with E-state index >= 15 is 4.39 Å². The fourth-order valence-electron chi connectivity index (χ4n) is 5.66. The fraction of sp³-hybridized carbons (Fsp3) is 0.257. The molecular formula is C35H32F2N8O5. The van der Waals surface area contributed by atoms with Crippen LogP contribution in [0.3, 0.4) is 0 Å². The number of aliphatic hydroxyl groups is 1. The lowest BCUT2D eigenvalue weighted by atomic mass is 10.0. The van der Waals surface area contributed by atoms with Crippen LogP contribution >= 0.6 is 0 Å². The van der Waals surface area contributed by atoms with Gasteiger partial charge in [0.2, 0.25) is 11.8 Å². The van der Waals surface area contributed by atoms with Gasteiger partial charge in [-0.15, -0.1) is 0 Å². The lowest BCUT2D eigenvalue weighted by Gasteiger charge is -2.39. The van der Waals surface area contributed by atoms with Crippen LogP contribution in [0, 0.1) is 28.9 Å². The second-order valence-corrected chi connectivity index (χ2v) is 12.0. The van der Waals surface area contributed by atoms with Crippen LogP contribution < -0.4 is 25.2 Å². The maximum Gasteiger partial charge on any atom is 0.331 e. The summed E-state index contributed by atoms with van der Waals surface area (Å²) >= 11 is 0. The number of hydrogen-bond acceptors (Lipinski definition) is 10. The molecule has 13 nitrogen and oxygen atoms in total. The van der Waals surface area contributed by atoms with Crippen molar-refractivity contribution in [1.82, 2.24) is 14.9 Å². The third-order valence-electron chi connectivity index (χ3n) is 8.23. The van der Waals surface area contributed by atoms with Crippen LogP contribution in [0.1, 0.15) is 25.8 Å². The zero-order valence-electron chi connectivity index (χ0n) is 27.0. The van der Waals surface area contributed by atoms with Gasteiger partial charge in [0, 0.05) is 49.7 Å². The molecule has 2 aromatic heterocycles. The summed E-state index contributed by atoms with van der Waals surface area (Å²) in [6, 6.07) is 16.0. The molecule has 2 fully saturated rings. The summed E-state index contributed by atoms with van der Waals surface area (Å²) in [5.74, 6) is -2.95. The van der Waals surface area contributed by atoms with Crippen LogP contribution in [0.25, 0.3) is 0 Å². The second kappa shape index (κ2) is 14.1. The average molecular weight is 683 g/mol.